The van der Waals surface area contributed by atoms with Gasteiger partial charge in [-0.05, 0) is 13.3 Å². The SMILES string of the molecule is CCCCCCCCCCCCC(c1ccccc1)[N+](C)(C)CC.[Cl-].[Cl-].[NH4+]. The van der Waals surface area contributed by atoms with Crippen LogP contribution in [0.4, 0.5) is 0 Å². The molecule has 1 atom stereocenters. The van der Waals surface area contributed by atoms with Crippen molar-refractivity contribution in [2.24, 2.45) is 0 Å². The molecule has 0 aliphatic heterocycles. The Bertz CT molecular complexity index is 410. The van der Waals surface area contributed by atoms with E-state index in [0.717, 1.165) is 4.48 Å². The van der Waals surface area contributed by atoms with E-state index in [1.165, 1.54) is 82.7 Å². The second-order valence-corrected chi connectivity index (χ2v) is 7.99. The van der Waals surface area contributed by atoms with E-state index in [1.54, 1.807) is 0 Å². The lowest BCUT2D eigenvalue weighted by Gasteiger charge is -2.37. The maximum Gasteiger partial charge on any atom is 0.114 e. The van der Waals surface area contributed by atoms with Crippen LogP contribution in [0.25, 0.3) is 0 Å². The maximum atomic E-state index is 2.38. The van der Waals surface area contributed by atoms with Gasteiger partial charge in [0.2, 0.25) is 0 Å². The Kier molecular flexibility index (Phi) is 22.2. The highest BCUT2D eigenvalue weighted by molar-refractivity contribution is 5.17. The van der Waals surface area contributed by atoms with Gasteiger partial charge >= 0.3 is 0 Å². The summed E-state index contributed by atoms with van der Waals surface area (Å²) >= 11 is 0. The molecule has 0 fully saturated rings. The van der Waals surface area contributed by atoms with E-state index in [0.29, 0.717) is 6.04 Å². The molecule has 1 aromatic rings. The van der Waals surface area contributed by atoms with Crippen LogP contribution < -0.4 is 31.0 Å². The molecule has 1 aromatic carbocycles. The summed E-state index contributed by atoms with van der Waals surface area (Å²) < 4.78 is 1.10. The summed E-state index contributed by atoms with van der Waals surface area (Å²) in [4.78, 5) is 0. The Morgan fingerprint density at radius 3 is 1.59 bits per heavy atom. The molecule has 4 heteroatoms. The third kappa shape index (κ3) is 13.5. The minimum absolute atomic E-state index is 0. The maximum absolute atomic E-state index is 2.38. The first kappa shape index (κ1) is 31.4. The zero-order chi connectivity index (χ0) is 17.7. The van der Waals surface area contributed by atoms with Crippen molar-refractivity contribution < 1.29 is 29.3 Å². The van der Waals surface area contributed by atoms with E-state index in [4.69, 9.17) is 0 Å². The predicted molar refractivity (Wildman–Crippen MR) is 114 cm³/mol. The minimum Gasteiger partial charge on any atom is -1.00 e. The molecule has 162 valence electrons. The van der Waals surface area contributed by atoms with Crippen molar-refractivity contribution >= 4 is 0 Å². The first-order chi connectivity index (χ1) is 11.6. The van der Waals surface area contributed by atoms with Crippen LogP contribution in [0.5, 0.6) is 0 Å². The number of hydrogen-bond acceptors (Lipinski definition) is 0. The summed E-state index contributed by atoms with van der Waals surface area (Å²) in [5.74, 6) is 0. The molecule has 0 saturated carbocycles. The van der Waals surface area contributed by atoms with Crippen molar-refractivity contribution in [1.82, 2.24) is 6.15 Å². The van der Waals surface area contributed by atoms with Gasteiger partial charge in [-0.25, -0.2) is 0 Å². The Morgan fingerprint density at radius 2 is 1.15 bits per heavy atom. The molecule has 1 rings (SSSR count). The molecule has 0 heterocycles. The number of halogens is 2. The van der Waals surface area contributed by atoms with Gasteiger partial charge in [-0.15, -0.1) is 0 Å². The first-order valence-corrected chi connectivity index (χ1v) is 10.5. The van der Waals surface area contributed by atoms with Gasteiger partial charge < -0.3 is 35.4 Å². The number of unbranched alkanes of at least 4 members (excludes halogenated alkanes) is 9. The van der Waals surface area contributed by atoms with E-state index in [1.807, 2.05) is 0 Å². The lowest BCUT2D eigenvalue weighted by Crippen LogP contribution is -3.00. The molecule has 0 bridgehead atoms. The summed E-state index contributed by atoms with van der Waals surface area (Å²) in [7, 11) is 4.77. The molecular formula is C23H46Cl2N2. The van der Waals surface area contributed by atoms with Gasteiger partial charge in [0.25, 0.3) is 0 Å². The summed E-state index contributed by atoms with van der Waals surface area (Å²) in [5.41, 5.74) is 1.51. The fourth-order valence-electron chi connectivity index (χ4n) is 3.64. The van der Waals surface area contributed by atoms with Gasteiger partial charge in [0.05, 0.1) is 20.6 Å². The van der Waals surface area contributed by atoms with Crippen molar-refractivity contribution in [3.63, 3.8) is 0 Å². The summed E-state index contributed by atoms with van der Waals surface area (Å²) in [5, 5.41) is 0. The van der Waals surface area contributed by atoms with Crippen LogP contribution in [0.15, 0.2) is 30.3 Å². The zero-order valence-corrected chi connectivity index (χ0v) is 20.2. The molecule has 0 aromatic heterocycles. The molecule has 0 aliphatic carbocycles. The number of quaternary nitrogens is 2. The average Bonchev–Trinajstić information content (AvgIpc) is 2.60. The fraction of sp³-hybridized carbons (Fsp3) is 0.739. The van der Waals surface area contributed by atoms with Crippen LogP contribution in [-0.2, 0) is 0 Å². The molecular weight excluding hydrogens is 375 g/mol. The van der Waals surface area contributed by atoms with Gasteiger partial charge in [-0.2, -0.15) is 0 Å². The van der Waals surface area contributed by atoms with E-state index < -0.39 is 0 Å². The molecule has 0 aliphatic rings. The van der Waals surface area contributed by atoms with E-state index >= 15 is 0 Å². The first-order valence-electron chi connectivity index (χ1n) is 10.5. The van der Waals surface area contributed by atoms with Crippen LogP contribution in [0.3, 0.4) is 0 Å². The van der Waals surface area contributed by atoms with Gasteiger partial charge in [-0.1, -0.05) is 95.0 Å². The molecule has 0 saturated heterocycles. The smallest absolute Gasteiger partial charge is 0.114 e. The molecule has 0 amide bonds. The molecule has 27 heavy (non-hydrogen) atoms. The van der Waals surface area contributed by atoms with Gasteiger partial charge in [0, 0.05) is 12.0 Å². The van der Waals surface area contributed by atoms with Gasteiger partial charge in [0.15, 0.2) is 0 Å². The van der Waals surface area contributed by atoms with Crippen molar-refractivity contribution in [3.05, 3.63) is 35.9 Å². The van der Waals surface area contributed by atoms with E-state index in [-0.39, 0.29) is 31.0 Å². The lowest BCUT2D eigenvalue weighted by molar-refractivity contribution is -0.920. The van der Waals surface area contributed by atoms with Crippen LogP contribution in [0.2, 0.25) is 0 Å². The fourth-order valence-corrected chi connectivity index (χ4v) is 3.64. The highest BCUT2D eigenvalue weighted by atomic mass is 35.5. The number of nitrogens with zero attached hydrogens (tertiary/aromatic N) is 1. The summed E-state index contributed by atoms with van der Waals surface area (Å²) in [6.45, 7) is 5.80. The Hall–Kier alpha value is -0.280. The Morgan fingerprint density at radius 1 is 0.704 bits per heavy atom. The van der Waals surface area contributed by atoms with Gasteiger partial charge in [-0.3, -0.25) is 0 Å². The highest BCUT2D eigenvalue weighted by Crippen LogP contribution is 2.30. The quantitative estimate of drug-likeness (QED) is 0.349. The standard InChI is InChI=1S/C23H42N.2ClH.H3N/c1-5-7-8-9-10-11-12-13-14-18-21-23(24(3,4)6-2)22-19-16-15-17-20-22;;;/h15-17,19-20,23H,5-14,18,21H2,1-4H3;2*1H;1H3/q+1;;;/p-1. The number of benzene rings is 1. The number of hydrogen-bond donors (Lipinski definition) is 1. The highest BCUT2D eigenvalue weighted by Gasteiger charge is 2.27. The van der Waals surface area contributed by atoms with Crippen molar-refractivity contribution in [1.29, 1.82) is 0 Å². The predicted octanol–water partition coefficient (Wildman–Crippen LogP) is 1.52. The molecule has 1 unspecified atom stereocenters. The van der Waals surface area contributed by atoms with Crippen molar-refractivity contribution in [2.45, 2.75) is 90.5 Å². The molecule has 4 N–H and O–H groups in total. The summed E-state index contributed by atoms with van der Waals surface area (Å²) in [6, 6.07) is 11.8. The second-order valence-electron chi connectivity index (χ2n) is 7.99. The normalized spacial score (nSPS) is 11.7. The van der Waals surface area contributed by atoms with Gasteiger partial charge in [0.1, 0.15) is 6.04 Å². The topological polar surface area (TPSA) is 36.5 Å². The third-order valence-electron chi connectivity index (χ3n) is 5.67. The lowest BCUT2D eigenvalue weighted by atomic mass is 9.96. The molecule has 2 nitrogen and oxygen atoms in total. The third-order valence-corrected chi connectivity index (χ3v) is 5.67. The number of rotatable bonds is 14. The van der Waals surface area contributed by atoms with E-state index in [2.05, 4.69) is 58.3 Å². The monoisotopic (exact) mass is 420 g/mol. The average molecular weight is 422 g/mol. The largest absolute Gasteiger partial charge is 1.00 e. The van der Waals surface area contributed by atoms with Crippen LogP contribution >= 0.6 is 0 Å². The van der Waals surface area contributed by atoms with Crippen LogP contribution in [0, 0.1) is 0 Å². The van der Waals surface area contributed by atoms with Crippen molar-refractivity contribution in [2.75, 3.05) is 20.6 Å². The zero-order valence-electron chi connectivity index (χ0n) is 18.7. The second kappa shape index (κ2) is 19.1. The van der Waals surface area contributed by atoms with Crippen molar-refractivity contribution in [3.8, 4) is 0 Å². The van der Waals surface area contributed by atoms with E-state index in [9.17, 15) is 0 Å². The Labute approximate surface area is 182 Å². The van der Waals surface area contributed by atoms with Crippen LogP contribution in [0.1, 0.15) is 96.1 Å². The summed E-state index contributed by atoms with van der Waals surface area (Å²) in [6.07, 6.45) is 15.5. The molecule has 0 radical (unpaired) electrons. The molecule has 0 spiro atoms. The Balaban J connectivity index is -0.00000192. The van der Waals surface area contributed by atoms with Crippen LogP contribution in [-0.4, -0.2) is 25.1 Å². The minimum atomic E-state index is 0.